The van der Waals surface area contributed by atoms with E-state index in [-0.39, 0.29) is 11.9 Å². The van der Waals surface area contributed by atoms with Crippen molar-refractivity contribution in [3.05, 3.63) is 53.3 Å². The molecule has 1 saturated heterocycles. The highest BCUT2D eigenvalue weighted by atomic mass is 16.5. The van der Waals surface area contributed by atoms with Gasteiger partial charge in [0, 0.05) is 31.9 Å². The molecule has 1 amide bonds. The van der Waals surface area contributed by atoms with Crippen LogP contribution in [0, 0.1) is 0 Å². The maximum absolute atomic E-state index is 13.3. The molecule has 3 aromatic rings. The third-order valence-corrected chi connectivity index (χ3v) is 6.13. The number of fused-ring (bicyclic) bond motifs is 1. The second-order valence-corrected chi connectivity index (χ2v) is 8.45. The second-order valence-electron chi connectivity index (χ2n) is 8.45. The largest absolute Gasteiger partial charge is 0.385 e. The summed E-state index contributed by atoms with van der Waals surface area (Å²) in [6.07, 6.45) is 5.16. The van der Waals surface area contributed by atoms with E-state index in [2.05, 4.69) is 10.6 Å². The molecule has 2 N–H and O–H groups in total. The molecule has 1 unspecified atom stereocenters. The van der Waals surface area contributed by atoms with Crippen LogP contribution in [0.1, 0.15) is 65.8 Å². The Morgan fingerprint density at radius 2 is 2.10 bits per heavy atom. The Bertz CT molecular complexity index is 1070. The van der Waals surface area contributed by atoms with Gasteiger partial charge >= 0.3 is 0 Å². The number of nitrogens with zero attached hydrogens (tertiary/aromatic N) is 3. The summed E-state index contributed by atoms with van der Waals surface area (Å²) in [6, 6.07) is 12.2. The van der Waals surface area contributed by atoms with E-state index in [0.717, 1.165) is 66.8 Å². The summed E-state index contributed by atoms with van der Waals surface area (Å²) in [4.78, 5) is 18.3. The summed E-state index contributed by atoms with van der Waals surface area (Å²) in [5.74, 6) is 0.383. The quantitative estimate of drug-likeness (QED) is 0.546. The van der Waals surface area contributed by atoms with Gasteiger partial charge in [-0.2, -0.15) is 5.10 Å². The number of carbonyl (C=O) groups is 1. The third-order valence-electron chi connectivity index (χ3n) is 6.13. The molecule has 7 heteroatoms. The van der Waals surface area contributed by atoms with Crippen molar-refractivity contribution in [1.29, 1.82) is 0 Å². The Morgan fingerprint density at radius 3 is 2.81 bits per heavy atom. The van der Waals surface area contributed by atoms with Gasteiger partial charge in [-0.15, -0.1) is 0 Å². The molecule has 2 aromatic heterocycles. The van der Waals surface area contributed by atoms with Crippen molar-refractivity contribution in [2.45, 2.75) is 44.1 Å². The van der Waals surface area contributed by atoms with Crippen LogP contribution in [-0.2, 0) is 4.74 Å². The molecular weight excluding hydrogens is 390 g/mol. The number of ether oxygens (including phenoxy) is 1. The number of carbonyl (C=O) groups excluding carboxylic acids is 1. The Labute approximate surface area is 182 Å². The minimum Gasteiger partial charge on any atom is -0.385 e. The van der Waals surface area contributed by atoms with Crippen LogP contribution in [0.2, 0.25) is 0 Å². The number of pyridine rings is 1. The van der Waals surface area contributed by atoms with E-state index < -0.39 is 0 Å². The Hall–Kier alpha value is -2.77. The van der Waals surface area contributed by atoms with Crippen molar-refractivity contribution in [2.24, 2.45) is 0 Å². The van der Waals surface area contributed by atoms with Gasteiger partial charge in [0.2, 0.25) is 0 Å². The predicted molar refractivity (Wildman–Crippen MR) is 120 cm³/mol. The third kappa shape index (κ3) is 4.07. The molecule has 3 heterocycles. The van der Waals surface area contributed by atoms with Crippen LogP contribution in [0.15, 0.2) is 36.4 Å². The van der Waals surface area contributed by atoms with Crippen molar-refractivity contribution in [2.75, 3.05) is 26.8 Å². The van der Waals surface area contributed by atoms with Crippen molar-refractivity contribution in [3.63, 3.8) is 0 Å². The predicted octanol–water partition coefficient (Wildman–Crippen LogP) is 3.49. The molecule has 1 aliphatic carbocycles. The molecule has 1 aromatic carbocycles. The first-order valence-electron chi connectivity index (χ1n) is 11.3. The fourth-order valence-corrected chi connectivity index (χ4v) is 4.35. The van der Waals surface area contributed by atoms with Crippen LogP contribution in [0.3, 0.4) is 0 Å². The van der Waals surface area contributed by atoms with Crippen LogP contribution in [-0.4, -0.2) is 47.5 Å². The van der Waals surface area contributed by atoms with E-state index in [0.29, 0.717) is 24.6 Å². The lowest BCUT2D eigenvalue weighted by Crippen LogP contribution is -2.26. The summed E-state index contributed by atoms with van der Waals surface area (Å²) in [5.41, 5.74) is 4.35. The standard InChI is InChI=1S/C24H29N5O2/c1-31-14-6-13-26-24(30)18-15-20(16-10-11-16)27-23-21(18)22(19-9-5-12-25-19)28-29(23)17-7-3-2-4-8-17/h2-4,7-8,15-16,19,25H,5-6,9-14H2,1H3,(H,26,30). The van der Waals surface area contributed by atoms with Crippen LogP contribution in [0.25, 0.3) is 16.7 Å². The zero-order valence-electron chi connectivity index (χ0n) is 17.9. The van der Waals surface area contributed by atoms with Gasteiger partial charge in [-0.25, -0.2) is 9.67 Å². The van der Waals surface area contributed by atoms with Crippen LogP contribution < -0.4 is 10.6 Å². The molecule has 1 saturated carbocycles. The van der Waals surface area contributed by atoms with Crippen molar-refractivity contribution in [3.8, 4) is 5.69 Å². The monoisotopic (exact) mass is 419 g/mol. The molecule has 0 bridgehead atoms. The van der Waals surface area contributed by atoms with Gasteiger partial charge in [-0.3, -0.25) is 4.79 Å². The molecule has 0 spiro atoms. The maximum atomic E-state index is 13.3. The minimum absolute atomic E-state index is 0.0581. The lowest BCUT2D eigenvalue weighted by atomic mass is 10.0. The fraction of sp³-hybridized carbons (Fsp3) is 0.458. The van der Waals surface area contributed by atoms with E-state index in [1.807, 2.05) is 41.1 Å². The summed E-state index contributed by atoms with van der Waals surface area (Å²) < 4.78 is 7.03. The summed E-state index contributed by atoms with van der Waals surface area (Å²) in [6.45, 7) is 2.18. The number of rotatable bonds is 8. The maximum Gasteiger partial charge on any atom is 0.252 e. The molecule has 1 aliphatic heterocycles. The van der Waals surface area contributed by atoms with Crippen molar-refractivity contribution >= 4 is 16.9 Å². The van der Waals surface area contributed by atoms with Gasteiger partial charge in [0.15, 0.2) is 5.65 Å². The van der Waals surface area contributed by atoms with Gasteiger partial charge in [-0.1, -0.05) is 18.2 Å². The highest BCUT2D eigenvalue weighted by Gasteiger charge is 2.31. The zero-order chi connectivity index (χ0) is 21.2. The molecular formula is C24H29N5O2. The molecule has 31 heavy (non-hydrogen) atoms. The van der Waals surface area contributed by atoms with E-state index >= 15 is 0 Å². The first kappa shape index (κ1) is 20.2. The molecule has 2 fully saturated rings. The van der Waals surface area contributed by atoms with Crippen molar-refractivity contribution < 1.29 is 9.53 Å². The number of nitrogens with one attached hydrogen (secondary N) is 2. The average molecular weight is 420 g/mol. The molecule has 0 radical (unpaired) electrons. The highest BCUT2D eigenvalue weighted by Crippen LogP contribution is 2.41. The Balaban J connectivity index is 1.65. The Morgan fingerprint density at radius 1 is 1.26 bits per heavy atom. The number of hydrogen-bond donors (Lipinski definition) is 2. The molecule has 2 aliphatic rings. The van der Waals surface area contributed by atoms with Crippen LogP contribution in [0.5, 0.6) is 0 Å². The first-order chi connectivity index (χ1) is 15.3. The zero-order valence-corrected chi connectivity index (χ0v) is 17.9. The molecule has 7 nitrogen and oxygen atoms in total. The summed E-state index contributed by atoms with van der Waals surface area (Å²) in [5, 5.41) is 12.5. The smallest absolute Gasteiger partial charge is 0.252 e. The molecule has 1 atom stereocenters. The fourth-order valence-electron chi connectivity index (χ4n) is 4.35. The number of para-hydroxylation sites is 1. The van der Waals surface area contributed by atoms with Crippen molar-refractivity contribution in [1.82, 2.24) is 25.4 Å². The van der Waals surface area contributed by atoms with E-state index in [4.69, 9.17) is 14.8 Å². The normalized spacial score (nSPS) is 18.5. The van der Waals surface area contributed by atoms with E-state index in [9.17, 15) is 4.79 Å². The number of hydrogen-bond acceptors (Lipinski definition) is 5. The van der Waals surface area contributed by atoms with Crippen LogP contribution in [0.4, 0.5) is 0 Å². The molecule has 5 rings (SSSR count). The first-order valence-corrected chi connectivity index (χ1v) is 11.3. The number of benzene rings is 1. The highest BCUT2D eigenvalue weighted by molar-refractivity contribution is 6.07. The number of methoxy groups -OCH3 is 1. The SMILES string of the molecule is COCCCNC(=O)c1cc(C2CC2)nc2c1c(C1CCCN1)nn2-c1ccccc1. The second kappa shape index (κ2) is 8.77. The Kier molecular flexibility index (Phi) is 5.70. The van der Waals surface area contributed by atoms with Gasteiger partial charge in [-0.05, 0) is 56.8 Å². The van der Waals surface area contributed by atoms with Gasteiger partial charge in [0.05, 0.1) is 28.4 Å². The lowest BCUT2D eigenvalue weighted by molar-refractivity contribution is 0.0950. The van der Waals surface area contributed by atoms with E-state index in [1.54, 1.807) is 7.11 Å². The lowest BCUT2D eigenvalue weighted by Gasteiger charge is -2.12. The van der Waals surface area contributed by atoms with E-state index in [1.165, 1.54) is 0 Å². The van der Waals surface area contributed by atoms with Gasteiger partial charge in [0.1, 0.15) is 0 Å². The minimum atomic E-state index is -0.0581. The van der Waals surface area contributed by atoms with Gasteiger partial charge < -0.3 is 15.4 Å². The number of amides is 1. The average Bonchev–Trinajstić information content (AvgIpc) is 3.37. The van der Waals surface area contributed by atoms with Gasteiger partial charge in [0.25, 0.3) is 5.91 Å². The van der Waals surface area contributed by atoms with Crippen LogP contribution >= 0.6 is 0 Å². The molecule has 162 valence electrons. The summed E-state index contributed by atoms with van der Waals surface area (Å²) >= 11 is 0. The number of aromatic nitrogens is 3. The topological polar surface area (TPSA) is 81.1 Å². The summed E-state index contributed by atoms with van der Waals surface area (Å²) in [7, 11) is 1.68.